The van der Waals surface area contributed by atoms with Crippen LogP contribution in [0, 0.1) is 13.8 Å². The Kier molecular flexibility index (Phi) is 7.60. The summed E-state index contributed by atoms with van der Waals surface area (Å²) in [4.78, 5) is 44.1. The minimum atomic E-state index is -0.469. The summed E-state index contributed by atoms with van der Waals surface area (Å²) in [6.07, 6.45) is 3.29. The van der Waals surface area contributed by atoms with E-state index in [0.29, 0.717) is 22.5 Å². The molecule has 0 aromatic carbocycles. The smallest absolute Gasteiger partial charge is 0.355 e. The van der Waals surface area contributed by atoms with Crippen molar-refractivity contribution in [3.63, 3.8) is 0 Å². The number of amides is 2. The average molecular weight is 429 g/mol. The lowest BCUT2D eigenvalue weighted by atomic mass is 10.0. The molecule has 0 bridgehead atoms. The fourth-order valence-corrected chi connectivity index (χ4v) is 3.44. The number of urea groups is 1. The van der Waals surface area contributed by atoms with Crippen LogP contribution in [-0.2, 0) is 18.3 Å². The third-order valence-corrected chi connectivity index (χ3v) is 4.90. The molecule has 0 spiro atoms. The first-order valence-corrected chi connectivity index (χ1v) is 10.3. The van der Waals surface area contributed by atoms with Crippen LogP contribution in [0.3, 0.4) is 0 Å². The first-order chi connectivity index (χ1) is 14.5. The molecular formula is C23H32N4O4. The fourth-order valence-electron chi connectivity index (χ4n) is 3.44. The van der Waals surface area contributed by atoms with Gasteiger partial charge in [0, 0.05) is 42.8 Å². The van der Waals surface area contributed by atoms with Crippen LogP contribution in [0.25, 0.3) is 0 Å². The van der Waals surface area contributed by atoms with Gasteiger partial charge in [-0.05, 0) is 64.8 Å². The molecule has 0 fully saturated rings. The molecule has 168 valence electrons. The maximum Gasteiger partial charge on any atom is 0.355 e. The van der Waals surface area contributed by atoms with E-state index in [1.54, 1.807) is 56.9 Å². The SMILES string of the molecule is CCOC(=O)c1c(C)c(C(=O)CN(Cc2ccncc2)C(=O)NC(C)(C)C)c(C)n1C. The van der Waals surface area contributed by atoms with Gasteiger partial charge in [-0.3, -0.25) is 9.78 Å². The molecule has 2 aromatic heterocycles. The Morgan fingerprint density at radius 3 is 2.32 bits per heavy atom. The van der Waals surface area contributed by atoms with E-state index in [-0.39, 0.29) is 31.5 Å². The van der Waals surface area contributed by atoms with Crippen LogP contribution in [0.1, 0.15) is 65.4 Å². The number of esters is 1. The zero-order valence-electron chi connectivity index (χ0n) is 19.4. The number of carbonyl (C=O) groups is 3. The summed E-state index contributed by atoms with van der Waals surface area (Å²) in [6, 6.07) is 3.27. The molecule has 8 heteroatoms. The minimum Gasteiger partial charge on any atom is -0.461 e. The molecule has 1 N–H and O–H groups in total. The van der Waals surface area contributed by atoms with Gasteiger partial charge in [0.05, 0.1) is 13.2 Å². The van der Waals surface area contributed by atoms with Crippen molar-refractivity contribution in [3.05, 3.63) is 52.6 Å². The predicted octanol–water partition coefficient (Wildman–Crippen LogP) is 3.41. The quantitative estimate of drug-likeness (QED) is 0.539. The zero-order valence-corrected chi connectivity index (χ0v) is 19.4. The van der Waals surface area contributed by atoms with E-state index in [1.165, 1.54) is 4.90 Å². The lowest BCUT2D eigenvalue weighted by molar-refractivity contribution is 0.0514. The van der Waals surface area contributed by atoms with E-state index in [9.17, 15) is 14.4 Å². The molecule has 0 aliphatic rings. The van der Waals surface area contributed by atoms with Crippen LogP contribution in [-0.4, -0.2) is 50.9 Å². The highest BCUT2D eigenvalue weighted by atomic mass is 16.5. The number of ketones is 1. The number of Topliss-reactive ketones (excluding diaryl/α,β-unsaturated/α-hetero) is 1. The molecule has 0 unspecified atom stereocenters. The van der Waals surface area contributed by atoms with Crippen molar-refractivity contribution >= 4 is 17.8 Å². The number of nitrogens with zero attached hydrogens (tertiary/aromatic N) is 3. The molecule has 31 heavy (non-hydrogen) atoms. The van der Waals surface area contributed by atoms with Gasteiger partial charge in [-0.2, -0.15) is 0 Å². The highest BCUT2D eigenvalue weighted by molar-refractivity contribution is 6.04. The Balaban J connectivity index is 2.36. The topological polar surface area (TPSA) is 93.5 Å². The second kappa shape index (κ2) is 9.76. The minimum absolute atomic E-state index is 0.127. The van der Waals surface area contributed by atoms with Crippen LogP contribution in [0.15, 0.2) is 24.5 Å². The fraction of sp³-hybridized carbons (Fsp3) is 0.478. The molecule has 0 saturated heterocycles. The van der Waals surface area contributed by atoms with Crippen LogP contribution in [0.4, 0.5) is 4.79 Å². The van der Waals surface area contributed by atoms with Crippen molar-refractivity contribution in [3.8, 4) is 0 Å². The van der Waals surface area contributed by atoms with Crippen LogP contribution >= 0.6 is 0 Å². The number of carbonyl (C=O) groups excluding carboxylic acids is 3. The number of pyridine rings is 1. The summed E-state index contributed by atoms with van der Waals surface area (Å²) in [5, 5.41) is 2.92. The molecule has 0 atom stereocenters. The summed E-state index contributed by atoms with van der Waals surface area (Å²) in [5.74, 6) is -0.706. The number of hydrogen-bond donors (Lipinski definition) is 1. The van der Waals surface area contributed by atoms with Gasteiger partial charge in [0.15, 0.2) is 5.78 Å². The number of ether oxygens (including phenoxy) is 1. The van der Waals surface area contributed by atoms with Gasteiger partial charge in [-0.25, -0.2) is 9.59 Å². The number of aromatic nitrogens is 2. The summed E-state index contributed by atoms with van der Waals surface area (Å²) < 4.78 is 6.81. The summed E-state index contributed by atoms with van der Waals surface area (Å²) >= 11 is 0. The van der Waals surface area contributed by atoms with Crippen LogP contribution in [0.5, 0.6) is 0 Å². The number of hydrogen-bond acceptors (Lipinski definition) is 5. The largest absolute Gasteiger partial charge is 0.461 e. The lowest BCUT2D eigenvalue weighted by Gasteiger charge is -2.28. The van der Waals surface area contributed by atoms with Gasteiger partial charge in [0.2, 0.25) is 0 Å². The van der Waals surface area contributed by atoms with Crippen LogP contribution in [0.2, 0.25) is 0 Å². The van der Waals surface area contributed by atoms with E-state index < -0.39 is 11.5 Å². The molecule has 2 heterocycles. The first kappa shape index (κ1) is 24.1. The standard InChI is InChI=1S/C23H32N4O4/c1-8-31-21(29)20-15(2)19(16(3)26(20)7)18(28)14-27(22(30)25-23(4,5)6)13-17-9-11-24-12-10-17/h9-12H,8,13-14H2,1-7H3,(H,25,30). The Labute approximate surface area is 183 Å². The van der Waals surface area contributed by atoms with Crippen molar-refractivity contribution in [1.29, 1.82) is 0 Å². The van der Waals surface area contributed by atoms with Crippen molar-refractivity contribution in [2.45, 2.75) is 53.6 Å². The Bertz CT molecular complexity index is 958. The molecule has 0 aliphatic heterocycles. The molecule has 2 aromatic rings. The van der Waals surface area contributed by atoms with E-state index in [0.717, 1.165) is 5.56 Å². The lowest BCUT2D eigenvalue weighted by Crippen LogP contribution is -2.49. The zero-order chi connectivity index (χ0) is 23.3. The highest BCUT2D eigenvalue weighted by Gasteiger charge is 2.28. The third kappa shape index (κ3) is 5.93. The third-order valence-electron chi connectivity index (χ3n) is 4.90. The number of rotatable bonds is 7. The second-order valence-electron chi connectivity index (χ2n) is 8.53. The van der Waals surface area contributed by atoms with E-state index in [2.05, 4.69) is 10.3 Å². The molecule has 2 rings (SSSR count). The van der Waals surface area contributed by atoms with E-state index in [1.807, 2.05) is 20.8 Å². The Morgan fingerprint density at radius 1 is 1.16 bits per heavy atom. The van der Waals surface area contributed by atoms with E-state index >= 15 is 0 Å². The summed E-state index contributed by atoms with van der Waals surface area (Å²) in [6.45, 7) is 11.3. The van der Waals surface area contributed by atoms with Crippen molar-refractivity contribution in [1.82, 2.24) is 19.8 Å². The Hall–Kier alpha value is -3.16. The molecule has 0 aliphatic carbocycles. The molecule has 0 saturated carbocycles. The van der Waals surface area contributed by atoms with Gasteiger partial charge in [-0.15, -0.1) is 0 Å². The molecule has 0 radical (unpaired) electrons. The highest BCUT2D eigenvalue weighted by Crippen LogP contribution is 2.23. The molecule has 8 nitrogen and oxygen atoms in total. The van der Waals surface area contributed by atoms with E-state index in [4.69, 9.17) is 4.74 Å². The van der Waals surface area contributed by atoms with Gasteiger partial charge >= 0.3 is 12.0 Å². The van der Waals surface area contributed by atoms with Gasteiger partial charge < -0.3 is 19.5 Å². The first-order valence-electron chi connectivity index (χ1n) is 10.3. The number of nitrogens with one attached hydrogen (secondary N) is 1. The predicted molar refractivity (Wildman–Crippen MR) is 118 cm³/mol. The van der Waals surface area contributed by atoms with Crippen molar-refractivity contribution < 1.29 is 19.1 Å². The monoisotopic (exact) mass is 428 g/mol. The summed E-state index contributed by atoms with van der Waals surface area (Å²) in [7, 11) is 1.73. The van der Waals surface area contributed by atoms with Gasteiger partial charge in [0.25, 0.3) is 0 Å². The van der Waals surface area contributed by atoms with Gasteiger partial charge in [-0.1, -0.05) is 0 Å². The summed E-state index contributed by atoms with van der Waals surface area (Å²) in [5.41, 5.74) is 2.41. The molecular weight excluding hydrogens is 396 g/mol. The maximum atomic E-state index is 13.3. The molecule has 2 amide bonds. The Morgan fingerprint density at radius 2 is 1.77 bits per heavy atom. The maximum absolute atomic E-state index is 13.3. The van der Waals surface area contributed by atoms with Gasteiger partial charge in [0.1, 0.15) is 5.69 Å². The van der Waals surface area contributed by atoms with Crippen molar-refractivity contribution in [2.75, 3.05) is 13.2 Å². The van der Waals surface area contributed by atoms with Crippen LogP contribution < -0.4 is 5.32 Å². The normalized spacial score (nSPS) is 11.2. The average Bonchev–Trinajstić information content (AvgIpc) is 2.89. The second-order valence-corrected chi connectivity index (χ2v) is 8.53. The van der Waals surface area contributed by atoms with Crippen molar-refractivity contribution in [2.24, 2.45) is 7.05 Å².